The second-order valence-electron chi connectivity index (χ2n) is 4.85. The van der Waals surface area contributed by atoms with E-state index in [0.29, 0.717) is 18.0 Å². The lowest BCUT2D eigenvalue weighted by Gasteiger charge is -2.27. The van der Waals surface area contributed by atoms with Gasteiger partial charge in [0.2, 0.25) is 18.6 Å². The monoisotopic (exact) mass is 319 g/mol. The van der Waals surface area contributed by atoms with Crippen LogP contribution >= 0.6 is 12.2 Å². The van der Waals surface area contributed by atoms with E-state index < -0.39 is 11.8 Å². The predicted molar refractivity (Wildman–Crippen MR) is 81.8 cm³/mol. The number of hydrogen-bond acceptors (Lipinski definition) is 6. The van der Waals surface area contributed by atoms with Crippen LogP contribution in [0.15, 0.2) is 23.2 Å². The van der Waals surface area contributed by atoms with Crippen molar-refractivity contribution in [2.75, 3.05) is 13.8 Å². The summed E-state index contributed by atoms with van der Waals surface area (Å²) in [6.07, 6.45) is 1.35. The van der Waals surface area contributed by atoms with Gasteiger partial charge < -0.3 is 14.8 Å². The third-order valence-electron chi connectivity index (χ3n) is 3.38. The van der Waals surface area contributed by atoms with Crippen molar-refractivity contribution in [3.05, 3.63) is 23.8 Å². The summed E-state index contributed by atoms with van der Waals surface area (Å²) >= 11 is 4.87. The molecule has 1 atom stereocenters. The molecule has 8 heteroatoms. The van der Waals surface area contributed by atoms with E-state index in [1.54, 1.807) is 6.07 Å². The summed E-state index contributed by atoms with van der Waals surface area (Å²) in [5, 5.41) is 2.57. The van der Waals surface area contributed by atoms with Crippen molar-refractivity contribution in [1.29, 1.82) is 0 Å². The van der Waals surface area contributed by atoms with E-state index in [1.165, 1.54) is 18.2 Å². The van der Waals surface area contributed by atoms with Crippen LogP contribution in [0.1, 0.15) is 5.56 Å². The number of nitrogens with zero attached hydrogens (tertiary/aromatic N) is 2. The second-order valence-corrected chi connectivity index (χ2v) is 5.23. The Kier molecular flexibility index (Phi) is 3.76. The Hall–Kier alpha value is -2.48. The Morgan fingerprint density at radius 1 is 1.41 bits per heavy atom. The third kappa shape index (κ3) is 2.64. The number of ether oxygens (including phenoxy) is 2. The Balaban J connectivity index is 1.68. The number of carbonyl (C=O) groups is 2. The number of amides is 2. The van der Waals surface area contributed by atoms with Crippen molar-refractivity contribution in [2.24, 2.45) is 10.9 Å². The molecule has 1 fully saturated rings. The molecule has 0 saturated carbocycles. The van der Waals surface area contributed by atoms with Crippen LogP contribution in [-0.4, -0.2) is 41.9 Å². The summed E-state index contributed by atoms with van der Waals surface area (Å²) in [6, 6.07) is 5.48. The van der Waals surface area contributed by atoms with Crippen molar-refractivity contribution >= 4 is 35.4 Å². The minimum absolute atomic E-state index is 0.107. The molecule has 1 aromatic rings. The van der Waals surface area contributed by atoms with E-state index in [9.17, 15) is 9.59 Å². The van der Waals surface area contributed by atoms with E-state index in [2.05, 4.69) is 10.3 Å². The zero-order chi connectivity index (χ0) is 15.7. The van der Waals surface area contributed by atoms with Gasteiger partial charge in [0.15, 0.2) is 22.5 Å². The molecule has 1 aromatic carbocycles. The zero-order valence-corrected chi connectivity index (χ0v) is 12.6. The van der Waals surface area contributed by atoms with Crippen molar-refractivity contribution < 1.29 is 19.1 Å². The first-order valence-corrected chi connectivity index (χ1v) is 6.98. The van der Waals surface area contributed by atoms with Crippen molar-refractivity contribution in [2.45, 2.75) is 6.54 Å². The molecule has 1 saturated heterocycles. The lowest BCUT2D eigenvalue weighted by atomic mass is 10.1. The number of rotatable bonds is 3. The van der Waals surface area contributed by atoms with Gasteiger partial charge in [0.1, 0.15) is 0 Å². The molecule has 22 heavy (non-hydrogen) atoms. The largest absolute Gasteiger partial charge is 0.454 e. The lowest BCUT2D eigenvalue weighted by molar-refractivity contribution is -0.137. The molecule has 0 aromatic heterocycles. The van der Waals surface area contributed by atoms with E-state index in [1.807, 2.05) is 12.1 Å². The fourth-order valence-electron chi connectivity index (χ4n) is 2.12. The summed E-state index contributed by atoms with van der Waals surface area (Å²) in [7, 11) is 1.52. The molecule has 3 rings (SSSR count). The van der Waals surface area contributed by atoms with Gasteiger partial charge in [0.25, 0.3) is 0 Å². The molecule has 2 aliphatic heterocycles. The highest BCUT2D eigenvalue weighted by Crippen LogP contribution is 2.32. The third-order valence-corrected chi connectivity index (χ3v) is 3.76. The predicted octanol–water partition coefficient (Wildman–Crippen LogP) is 0.475. The first-order valence-electron chi connectivity index (χ1n) is 6.57. The SMILES string of the molecule is CN1C(=O)[C@H](C=NCc2ccc3c(c2)OCO3)C(=O)NC1=S. The van der Waals surface area contributed by atoms with Crippen LogP contribution in [0.3, 0.4) is 0 Å². The Labute approximate surface area is 131 Å². The highest BCUT2D eigenvalue weighted by atomic mass is 32.1. The van der Waals surface area contributed by atoms with Gasteiger partial charge in [-0.15, -0.1) is 0 Å². The quantitative estimate of drug-likeness (QED) is 0.498. The van der Waals surface area contributed by atoms with E-state index in [4.69, 9.17) is 21.7 Å². The topological polar surface area (TPSA) is 80.2 Å². The van der Waals surface area contributed by atoms with Crippen molar-refractivity contribution in [1.82, 2.24) is 10.2 Å². The van der Waals surface area contributed by atoms with Crippen molar-refractivity contribution in [3.8, 4) is 11.5 Å². The maximum atomic E-state index is 12.0. The fourth-order valence-corrected chi connectivity index (χ4v) is 2.31. The minimum Gasteiger partial charge on any atom is -0.454 e. The van der Waals surface area contributed by atoms with Gasteiger partial charge in [-0.05, 0) is 29.9 Å². The molecule has 2 heterocycles. The maximum Gasteiger partial charge on any atom is 0.246 e. The van der Waals surface area contributed by atoms with E-state index >= 15 is 0 Å². The molecule has 0 bridgehead atoms. The first kappa shape index (κ1) is 14.5. The van der Waals surface area contributed by atoms with Crippen LogP contribution in [0.4, 0.5) is 0 Å². The summed E-state index contributed by atoms with van der Waals surface area (Å²) in [4.78, 5) is 29.2. The molecule has 0 aliphatic carbocycles. The number of aliphatic imine (C=N–C) groups is 1. The van der Waals surface area contributed by atoms with E-state index in [-0.39, 0.29) is 17.8 Å². The molecule has 7 nitrogen and oxygen atoms in total. The number of hydrogen-bond donors (Lipinski definition) is 1. The van der Waals surface area contributed by atoms with Gasteiger partial charge in [-0.3, -0.25) is 19.5 Å². The fraction of sp³-hybridized carbons (Fsp3) is 0.286. The summed E-state index contributed by atoms with van der Waals surface area (Å²) in [5.41, 5.74) is 0.896. The Morgan fingerprint density at radius 2 is 2.18 bits per heavy atom. The lowest BCUT2D eigenvalue weighted by Crippen LogP contribution is -2.56. The van der Waals surface area contributed by atoms with Crippen LogP contribution in [0.25, 0.3) is 0 Å². The molecule has 0 unspecified atom stereocenters. The molecule has 2 aliphatic rings. The average molecular weight is 319 g/mol. The number of nitrogens with one attached hydrogen (secondary N) is 1. The smallest absolute Gasteiger partial charge is 0.246 e. The van der Waals surface area contributed by atoms with Crippen LogP contribution in [0.2, 0.25) is 0 Å². The standard InChI is InChI=1S/C14H13N3O4S/c1-17-13(19)9(12(18)16-14(17)22)6-15-5-8-2-3-10-11(4-8)21-7-20-10/h2-4,6,9H,5,7H2,1H3,(H,16,18,22)/t9-/m1/s1. The molecule has 114 valence electrons. The zero-order valence-electron chi connectivity index (χ0n) is 11.7. The number of fused-ring (bicyclic) bond motifs is 1. The molecular formula is C14H13N3O4S. The van der Waals surface area contributed by atoms with Gasteiger partial charge in [-0.2, -0.15) is 0 Å². The molecule has 0 radical (unpaired) electrons. The summed E-state index contributed by atoms with van der Waals surface area (Å²) < 4.78 is 10.5. The van der Waals surface area contributed by atoms with Crippen LogP contribution in [0, 0.1) is 5.92 Å². The number of thiocarbonyl (C=S) groups is 1. The first-order chi connectivity index (χ1) is 10.6. The van der Waals surface area contributed by atoms with Gasteiger partial charge in [0.05, 0.1) is 6.54 Å². The second kappa shape index (κ2) is 5.72. The van der Waals surface area contributed by atoms with Crippen molar-refractivity contribution in [3.63, 3.8) is 0 Å². The molecule has 0 spiro atoms. The van der Waals surface area contributed by atoms with Crippen LogP contribution in [0.5, 0.6) is 11.5 Å². The summed E-state index contributed by atoms with van der Waals surface area (Å²) in [5.74, 6) is -0.426. The van der Waals surface area contributed by atoms with Crippen LogP contribution < -0.4 is 14.8 Å². The number of benzene rings is 1. The van der Waals surface area contributed by atoms with Crippen LogP contribution in [-0.2, 0) is 16.1 Å². The highest BCUT2D eigenvalue weighted by Gasteiger charge is 2.35. The van der Waals surface area contributed by atoms with Gasteiger partial charge in [-0.1, -0.05) is 6.07 Å². The van der Waals surface area contributed by atoms with Gasteiger partial charge in [0, 0.05) is 13.3 Å². The van der Waals surface area contributed by atoms with E-state index in [0.717, 1.165) is 5.56 Å². The molecular weight excluding hydrogens is 306 g/mol. The van der Waals surface area contributed by atoms with Gasteiger partial charge in [-0.25, -0.2) is 0 Å². The maximum absolute atomic E-state index is 12.0. The number of carbonyl (C=O) groups excluding carboxylic acids is 2. The highest BCUT2D eigenvalue weighted by molar-refractivity contribution is 7.80. The summed E-state index contributed by atoms with van der Waals surface area (Å²) in [6.45, 7) is 0.549. The normalized spacial score (nSPS) is 20.7. The average Bonchev–Trinajstić information content (AvgIpc) is 2.96. The Bertz CT molecular complexity index is 689. The minimum atomic E-state index is -0.953. The molecule has 2 amide bonds. The Morgan fingerprint density at radius 3 is 3.00 bits per heavy atom. The van der Waals surface area contributed by atoms with Gasteiger partial charge >= 0.3 is 0 Å². The molecule has 1 N–H and O–H groups in total.